The maximum absolute atomic E-state index is 5.49. The quantitative estimate of drug-likeness (QED) is 0.580. The highest BCUT2D eigenvalue weighted by Crippen LogP contribution is 2.45. The van der Waals surface area contributed by atoms with Gasteiger partial charge in [0.15, 0.2) is 11.5 Å². The smallest absolute Gasteiger partial charge is 0.160 e. The van der Waals surface area contributed by atoms with Crippen molar-refractivity contribution in [2.24, 2.45) is 17.8 Å². The van der Waals surface area contributed by atoms with Gasteiger partial charge in [0.05, 0.1) is 14.2 Å². The topological polar surface area (TPSA) is 18.5 Å². The Labute approximate surface area is 154 Å². The van der Waals surface area contributed by atoms with Crippen LogP contribution in [0.3, 0.4) is 0 Å². The van der Waals surface area contributed by atoms with Crippen LogP contribution in [0.25, 0.3) is 0 Å². The van der Waals surface area contributed by atoms with E-state index in [-0.39, 0.29) is 0 Å². The molecule has 2 nitrogen and oxygen atoms in total. The Morgan fingerprint density at radius 1 is 0.800 bits per heavy atom. The number of benzene rings is 1. The van der Waals surface area contributed by atoms with Gasteiger partial charge in [-0.2, -0.15) is 0 Å². The standard InChI is InChI=1S/C23H36O2/c1-4-5-17-6-8-18(9-7-17)19-10-12-20(13-11-19)21-14-15-22(24-2)23(16-21)25-3/h14-20H,4-13H2,1-3H3/t17-,18-,19?,20?. The average molecular weight is 345 g/mol. The normalized spacial score (nSPS) is 30.0. The van der Waals surface area contributed by atoms with Crippen molar-refractivity contribution in [1.29, 1.82) is 0 Å². The first-order chi connectivity index (χ1) is 12.2. The monoisotopic (exact) mass is 344 g/mol. The number of methoxy groups -OCH3 is 2. The summed E-state index contributed by atoms with van der Waals surface area (Å²) in [7, 11) is 3.44. The van der Waals surface area contributed by atoms with E-state index in [9.17, 15) is 0 Å². The molecular weight excluding hydrogens is 308 g/mol. The first kappa shape index (κ1) is 18.6. The summed E-state index contributed by atoms with van der Waals surface area (Å²) < 4.78 is 10.9. The van der Waals surface area contributed by atoms with Crippen LogP contribution in [0.4, 0.5) is 0 Å². The Bertz CT molecular complexity index is 523. The van der Waals surface area contributed by atoms with E-state index in [1.165, 1.54) is 69.8 Å². The van der Waals surface area contributed by atoms with E-state index >= 15 is 0 Å². The minimum absolute atomic E-state index is 0.701. The van der Waals surface area contributed by atoms with Crippen molar-refractivity contribution in [3.8, 4) is 11.5 Å². The van der Waals surface area contributed by atoms with Crippen LogP contribution in [0.15, 0.2) is 18.2 Å². The molecule has 3 rings (SSSR count). The molecule has 2 aliphatic rings. The number of ether oxygens (including phenoxy) is 2. The number of hydrogen-bond donors (Lipinski definition) is 0. The summed E-state index contributed by atoms with van der Waals surface area (Å²) in [6, 6.07) is 6.50. The van der Waals surface area contributed by atoms with E-state index < -0.39 is 0 Å². The largest absolute Gasteiger partial charge is 0.493 e. The van der Waals surface area contributed by atoms with Crippen LogP contribution in [-0.4, -0.2) is 14.2 Å². The second-order valence-electron chi connectivity index (χ2n) is 8.30. The molecule has 0 amide bonds. The molecule has 0 atom stereocenters. The van der Waals surface area contributed by atoms with Crippen molar-refractivity contribution in [3.05, 3.63) is 23.8 Å². The third-order valence-corrected chi connectivity index (χ3v) is 6.91. The Morgan fingerprint density at radius 2 is 1.40 bits per heavy atom. The minimum atomic E-state index is 0.701. The lowest BCUT2D eigenvalue weighted by Gasteiger charge is -2.38. The molecule has 0 spiro atoms. The number of rotatable bonds is 6. The SMILES string of the molecule is CCC[C@H]1CC[C@H](C2CCC(c3ccc(OC)c(OC)c3)CC2)CC1. The van der Waals surface area contributed by atoms with Crippen molar-refractivity contribution in [2.75, 3.05) is 14.2 Å². The van der Waals surface area contributed by atoms with E-state index in [0.29, 0.717) is 5.92 Å². The van der Waals surface area contributed by atoms with Crippen LogP contribution in [-0.2, 0) is 0 Å². The van der Waals surface area contributed by atoms with Gasteiger partial charge in [-0.3, -0.25) is 0 Å². The first-order valence-corrected chi connectivity index (χ1v) is 10.5. The maximum Gasteiger partial charge on any atom is 0.160 e. The first-order valence-electron chi connectivity index (χ1n) is 10.5. The summed E-state index contributed by atoms with van der Waals surface area (Å²) in [6.45, 7) is 2.33. The molecule has 0 heterocycles. The minimum Gasteiger partial charge on any atom is -0.493 e. The molecule has 0 unspecified atom stereocenters. The molecule has 0 bridgehead atoms. The molecular formula is C23H36O2. The van der Waals surface area contributed by atoms with Gasteiger partial charge in [-0.25, -0.2) is 0 Å². The van der Waals surface area contributed by atoms with Crippen molar-refractivity contribution in [1.82, 2.24) is 0 Å². The Morgan fingerprint density at radius 3 is 1.96 bits per heavy atom. The zero-order valence-corrected chi connectivity index (χ0v) is 16.4. The predicted molar refractivity (Wildman–Crippen MR) is 105 cm³/mol. The third-order valence-electron chi connectivity index (χ3n) is 6.91. The molecule has 0 saturated heterocycles. The summed E-state index contributed by atoms with van der Waals surface area (Å²) >= 11 is 0. The van der Waals surface area contributed by atoms with Gasteiger partial charge in [0.2, 0.25) is 0 Å². The van der Waals surface area contributed by atoms with Crippen molar-refractivity contribution >= 4 is 0 Å². The van der Waals surface area contributed by atoms with Gasteiger partial charge in [-0.15, -0.1) is 0 Å². The lowest BCUT2D eigenvalue weighted by Crippen LogP contribution is -2.25. The molecule has 2 aliphatic carbocycles. The summed E-state index contributed by atoms with van der Waals surface area (Å²) in [5, 5.41) is 0. The maximum atomic E-state index is 5.49. The van der Waals surface area contributed by atoms with Gasteiger partial charge >= 0.3 is 0 Å². The lowest BCUT2D eigenvalue weighted by molar-refractivity contribution is 0.156. The molecule has 0 aromatic heterocycles. The Balaban J connectivity index is 1.52. The molecule has 140 valence electrons. The molecule has 2 saturated carbocycles. The van der Waals surface area contributed by atoms with Gasteiger partial charge in [0.1, 0.15) is 0 Å². The van der Waals surface area contributed by atoms with Crippen LogP contribution >= 0.6 is 0 Å². The van der Waals surface area contributed by atoms with E-state index in [1.54, 1.807) is 14.2 Å². The second kappa shape index (κ2) is 8.96. The second-order valence-corrected chi connectivity index (χ2v) is 8.30. The van der Waals surface area contributed by atoms with E-state index in [2.05, 4.69) is 25.1 Å². The fourth-order valence-electron chi connectivity index (χ4n) is 5.39. The molecule has 1 aromatic carbocycles. The Kier molecular flexibility index (Phi) is 6.67. The fourth-order valence-corrected chi connectivity index (χ4v) is 5.39. The van der Waals surface area contributed by atoms with Crippen molar-refractivity contribution < 1.29 is 9.47 Å². The highest BCUT2D eigenvalue weighted by atomic mass is 16.5. The predicted octanol–water partition coefficient (Wildman–Crippen LogP) is 6.58. The summed E-state index contributed by atoms with van der Waals surface area (Å²) in [4.78, 5) is 0. The fraction of sp³-hybridized carbons (Fsp3) is 0.739. The average Bonchev–Trinajstić information content (AvgIpc) is 2.68. The van der Waals surface area contributed by atoms with Gasteiger partial charge in [0.25, 0.3) is 0 Å². The van der Waals surface area contributed by atoms with Crippen molar-refractivity contribution in [2.45, 2.75) is 77.0 Å². The van der Waals surface area contributed by atoms with E-state index in [4.69, 9.17) is 9.47 Å². The van der Waals surface area contributed by atoms with Crippen LogP contribution in [0.2, 0.25) is 0 Å². The zero-order chi connectivity index (χ0) is 17.6. The third kappa shape index (κ3) is 4.51. The molecule has 25 heavy (non-hydrogen) atoms. The van der Waals surface area contributed by atoms with Crippen LogP contribution < -0.4 is 9.47 Å². The molecule has 2 heteroatoms. The van der Waals surface area contributed by atoms with Crippen LogP contribution in [0.5, 0.6) is 11.5 Å². The van der Waals surface area contributed by atoms with Crippen LogP contribution in [0.1, 0.15) is 82.6 Å². The van der Waals surface area contributed by atoms with Crippen LogP contribution in [0, 0.1) is 17.8 Å². The highest BCUT2D eigenvalue weighted by Gasteiger charge is 2.31. The Hall–Kier alpha value is -1.18. The van der Waals surface area contributed by atoms with E-state index in [0.717, 1.165) is 29.3 Å². The summed E-state index contributed by atoms with van der Waals surface area (Å²) in [6.07, 6.45) is 14.3. The summed E-state index contributed by atoms with van der Waals surface area (Å²) in [5.74, 6) is 5.44. The summed E-state index contributed by atoms with van der Waals surface area (Å²) in [5.41, 5.74) is 1.43. The molecule has 1 aromatic rings. The highest BCUT2D eigenvalue weighted by molar-refractivity contribution is 5.44. The molecule has 2 fully saturated rings. The molecule has 0 aliphatic heterocycles. The van der Waals surface area contributed by atoms with E-state index in [1.807, 2.05) is 0 Å². The van der Waals surface area contributed by atoms with Gasteiger partial charge < -0.3 is 9.47 Å². The zero-order valence-electron chi connectivity index (χ0n) is 16.4. The van der Waals surface area contributed by atoms with Gasteiger partial charge in [-0.1, -0.05) is 38.7 Å². The molecule has 0 radical (unpaired) electrons. The number of hydrogen-bond acceptors (Lipinski definition) is 2. The lowest BCUT2D eigenvalue weighted by atomic mass is 9.68. The molecule has 0 N–H and O–H groups in total. The van der Waals surface area contributed by atoms with Gasteiger partial charge in [-0.05, 0) is 79.9 Å². The van der Waals surface area contributed by atoms with Crippen molar-refractivity contribution in [3.63, 3.8) is 0 Å². The van der Waals surface area contributed by atoms with Gasteiger partial charge in [0, 0.05) is 0 Å².